The molecule has 5 nitrogen and oxygen atoms in total. The molecule has 0 atom stereocenters. The third kappa shape index (κ3) is 6.56. The molecule has 0 aromatic heterocycles. The molecular formula is C19H32IN3O2. The van der Waals surface area contributed by atoms with Crippen molar-refractivity contribution in [2.45, 2.75) is 40.2 Å². The summed E-state index contributed by atoms with van der Waals surface area (Å²) in [6.07, 6.45) is 2.47. The Morgan fingerprint density at radius 3 is 2.56 bits per heavy atom. The molecule has 0 saturated carbocycles. The first kappa shape index (κ1) is 21.9. The van der Waals surface area contributed by atoms with Crippen LogP contribution >= 0.6 is 24.0 Å². The number of nitrogens with zero attached hydrogens (tertiary/aromatic N) is 2. The maximum atomic E-state index is 5.57. The van der Waals surface area contributed by atoms with Crippen molar-refractivity contribution in [1.29, 1.82) is 0 Å². The molecule has 0 bridgehead atoms. The molecule has 1 aliphatic rings. The number of hydrogen-bond acceptors (Lipinski definition) is 3. The summed E-state index contributed by atoms with van der Waals surface area (Å²) in [5, 5.41) is 3.42. The van der Waals surface area contributed by atoms with Crippen LogP contribution in [0.2, 0.25) is 0 Å². The van der Waals surface area contributed by atoms with Crippen LogP contribution in [0.3, 0.4) is 0 Å². The average Bonchev–Trinajstić information content (AvgIpc) is 2.60. The van der Waals surface area contributed by atoms with E-state index in [1.807, 2.05) is 19.1 Å². The highest BCUT2D eigenvalue weighted by Gasteiger charge is 2.18. The van der Waals surface area contributed by atoms with Gasteiger partial charge >= 0.3 is 0 Å². The maximum Gasteiger partial charge on any atom is 0.194 e. The smallest absolute Gasteiger partial charge is 0.194 e. The van der Waals surface area contributed by atoms with Gasteiger partial charge in [0.25, 0.3) is 0 Å². The van der Waals surface area contributed by atoms with Gasteiger partial charge in [-0.05, 0) is 50.3 Å². The topological polar surface area (TPSA) is 46.1 Å². The van der Waals surface area contributed by atoms with Gasteiger partial charge in [-0.2, -0.15) is 0 Å². The molecule has 0 amide bonds. The van der Waals surface area contributed by atoms with E-state index in [4.69, 9.17) is 14.5 Å². The van der Waals surface area contributed by atoms with Crippen molar-refractivity contribution in [1.82, 2.24) is 10.2 Å². The van der Waals surface area contributed by atoms with Gasteiger partial charge < -0.3 is 19.7 Å². The fourth-order valence-corrected chi connectivity index (χ4v) is 2.90. The van der Waals surface area contributed by atoms with Crippen molar-refractivity contribution in [2.75, 3.05) is 33.4 Å². The molecule has 1 aromatic carbocycles. The number of likely N-dealkylation sites (tertiary alicyclic amines) is 1. The van der Waals surface area contributed by atoms with Gasteiger partial charge in [0, 0.05) is 19.6 Å². The molecule has 1 aromatic rings. The zero-order valence-corrected chi connectivity index (χ0v) is 18.2. The van der Waals surface area contributed by atoms with Crippen LogP contribution in [-0.2, 0) is 6.54 Å². The Labute approximate surface area is 169 Å². The zero-order chi connectivity index (χ0) is 17.4. The standard InChI is InChI=1S/C19H31N3O2.HI/c1-5-20-19(22-11-9-15(3)10-12-22)21-14-16-7-8-17(24-6-2)18(13-16)23-4;/h7-8,13,15H,5-6,9-12,14H2,1-4H3,(H,20,21);1H. The molecule has 1 saturated heterocycles. The zero-order valence-electron chi connectivity index (χ0n) is 15.9. The number of nitrogens with one attached hydrogen (secondary N) is 1. The monoisotopic (exact) mass is 461 g/mol. The lowest BCUT2D eigenvalue weighted by Crippen LogP contribution is -2.45. The summed E-state index contributed by atoms with van der Waals surface area (Å²) in [6, 6.07) is 6.03. The lowest BCUT2D eigenvalue weighted by atomic mass is 10.00. The summed E-state index contributed by atoms with van der Waals surface area (Å²) in [6.45, 7) is 10.7. The Bertz CT molecular complexity index is 543. The average molecular weight is 461 g/mol. The first-order valence-electron chi connectivity index (χ1n) is 9.00. The number of piperidine rings is 1. The molecule has 25 heavy (non-hydrogen) atoms. The third-order valence-electron chi connectivity index (χ3n) is 4.36. The van der Waals surface area contributed by atoms with Gasteiger partial charge in [0.05, 0.1) is 20.3 Å². The third-order valence-corrected chi connectivity index (χ3v) is 4.36. The lowest BCUT2D eigenvalue weighted by Gasteiger charge is -2.33. The van der Waals surface area contributed by atoms with E-state index in [0.717, 1.165) is 48.6 Å². The molecule has 1 N–H and O–H groups in total. The first-order chi connectivity index (χ1) is 11.7. The van der Waals surface area contributed by atoms with E-state index in [-0.39, 0.29) is 24.0 Å². The normalized spacial score (nSPS) is 15.5. The van der Waals surface area contributed by atoms with E-state index in [2.05, 4.69) is 30.1 Å². The second-order valence-corrected chi connectivity index (χ2v) is 6.26. The Morgan fingerprint density at radius 2 is 1.96 bits per heavy atom. The highest BCUT2D eigenvalue weighted by atomic mass is 127. The quantitative estimate of drug-likeness (QED) is 0.397. The SMILES string of the molecule is CCNC(=NCc1ccc(OCC)c(OC)c1)N1CCC(C)CC1.I. The van der Waals surface area contributed by atoms with Crippen LogP contribution in [0, 0.1) is 5.92 Å². The molecule has 1 aliphatic heterocycles. The van der Waals surface area contributed by atoms with E-state index in [0.29, 0.717) is 13.2 Å². The predicted octanol–water partition coefficient (Wildman–Crippen LogP) is 3.91. The number of guanidine groups is 1. The molecular weight excluding hydrogens is 429 g/mol. The van der Waals surface area contributed by atoms with Crippen molar-refractivity contribution >= 4 is 29.9 Å². The summed E-state index contributed by atoms with van der Waals surface area (Å²) < 4.78 is 11.0. The van der Waals surface area contributed by atoms with Gasteiger partial charge in [-0.1, -0.05) is 13.0 Å². The van der Waals surface area contributed by atoms with E-state index in [1.54, 1.807) is 7.11 Å². The van der Waals surface area contributed by atoms with Crippen LogP contribution in [0.5, 0.6) is 11.5 Å². The highest BCUT2D eigenvalue weighted by molar-refractivity contribution is 14.0. The fraction of sp³-hybridized carbons (Fsp3) is 0.632. The Morgan fingerprint density at radius 1 is 1.24 bits per heavy atom. The minimum atomic E-state index is 0. The molecule has 1 heterocycles. The molecule has 0 aliphatic carbocycles. The summed E-state index contributed by atoms with van der Waals surface area (Å²) in [5.74, 6) is 3.38. The van der Waals surface area contributed by atoms with Crippen LogP contribution in [0.15, 0.2) is 23.2 Å². The van der Waals surface area contributed by atoms with Gasteiger partial charge in [0.15, 0.2) is 17.5 Å². The van der Waals surface area contributed by atoms with Crippen molar-refractivity contribution < 1.29 is 9.47 Å². The summed E-state index contributed by atoms with van der Waals surface area (Å²) in [5.41, 5.74) is 1.12. The van der Waals surface area contributed by atoms with Gasteiger partial charge in [0.1, 0.15) is 0 Å². The number of methoxy groups -OCH3 is 1. The second-order valence-electron chi connectivity index (χ2n) is 6.26. The van der Waals surface area contributed by atoms with Crippen LogP contribution in [0.1, 0.15) is 39.2 Å². The van der Waals surface area contributed by atoms with Crippen LogP contribution < -0.4 is 14.8 Å². The van der Waals surface area contributed by atoms with Gasteiger partial charge in [-0.25, -0.2) is 4.99 Å². The van der Waals surface area contributed by atoms with Crippen molar-refractivity contribution in [2.24, 2.45) is 10.9 Å². The van der Waals surface area contributed by atoms with E-state index >= 15 is 0 Å². The first-order valence-corrected chi connectivity index (χ1v) is 9.00. The predicted molar refractivity (Wildman–Crippen MR) is 114 cm³/mol. The van der Waals surface area contributed by atoms with E-state index < -0.39 is 0 Å². The van der Waals surface area contributed by atoms with Crippen molar-refractivity contribution in [3.63, 3.8) is 0 Å². The van der Waals surface area contributed by atoms with Crippen LogP contribution in [0.4, 0.5) is 0 Å². The highest BCUT2D eigenvalue weighted by Crippen LogP contribution is 2.28. The molecule has 0 spiro atoms. The molecule has 0 unspecified atom stereocenters. The number of aliphatic imine (C=N–C) groups is 1. The largest absolute Gasteiger partial charge is 0.493 e. The molecule has 0 radical (unpaired) electrons. The van der Waals surface area contributed by atoms with Gasteiger partial charge in [-0.3, -0.25) is 0 Å². The minimum Gasteiger partial charge on any atom is -0.493 e. The number of ether oxygens (including phenoxy) is 2. The fourth-order valence-electron chi connectivity index (χ4n) is 2.90. The molecule has 2 rings (SSSR count). The Hall–Kier alpha value is -1.18. The summed E-state index contributed by atoms with van der Waals surface area (Å²) >= 11 is 0. The van der Waals surface area contributed by atoms with Gasteiger partial charge in [0.2, 0.25) is 0 Å². The minimum absolute atomic E-state index is 0. The lowest BCUT2D eigenvalue weighted by molar-refractivity contribution is 0.273. The molecule has 1 fully saturated rings. The van der Waals surface area contributed by atoms with Gasteiger partial charge in [-0.15, -0.1) is 24.0 Å². The van der Waals surface area contributed by atoms with Crippen molar-refractivity contribution in [3.05, 3.63) is 23.8 Å². The molecule has 142 valence electrons. The number of halogens is 1. The maximum absolute atomic E-state index is 5.57. The van der Waals surface area contributed by atoms with Crippen molar-refractivity contribution in [3.8, 4) is 11.5 Å². The Kier molecular flexibility index (Phi) is 10.0. The van der Waals surface area contributed by atoms with E-state index in [1.165, 1.54) is 12.8 Å². The summed E-state index contributed by atoms with van der Waals surface area (Å²) in [4.78, 5) is 7.19. The summed E-state index contributed by atoms with van der Waals surface area (Å²) in [7, 11) is 1.67. The van der Waals surface area contributed by atoms with E-state index in [9.17, 15) is 0 Å². The second kappa shape index (κ2) is 11.4. The number of benzene rings is 1. The van der Waals surface area contributed by atoms with Crippen LogP contribution in [0.25, 0.3) is 0 Å². The molecule has 6 heteroatoms. The number of hydrogen-bond donors (Lipinski definition) is 1. The van der Waals surface area contributed by atoms with Crippen LogP contribution in [-0.4, -0.2) is 44.2 Å². The Balaban J connectivity index is 0.00000312. The number of rotatable bonds is 6.